The Morgan fingerprint density at radius 1 is 0.800 bits per heavy atom. The summed E-state index contributed by atoms with van der Waals surface area (Å²) < 4.78 is 10.6. The molecule has 0 amide bonds. The Morgan fingerprint density at radius 2 is 1.33 bits per heavy atom. The lowest BCUT2D eigenvalue weighted by Crippen LogP contribution is -2.11. The van der Waals surface area contributed by atoms with Crippen molar-refractivity contribution in [1.29, 1.82) is 0 Å². The van der Waals surface area contributed by atoms with Crippen LogP contribution in [0.4, 0.5) is 0 Å². The highest BCUT2D eigenvalue weighted by atomic mass is 16.3. The summed E-state index contributed by atoms with van der Waals surface area (Å²) in [5, 5.41) is 0. The van der Waals surface area contributed by atoms with Crippen LogP contribution in [-0.4, -0.2) is 9.97 Å². The lowest BCUT2D eigenvalue weighted by atomic mass is 10.0. The van der Waals surface area contributed by atoms with Crippen molar-refractivity contribution in [3.05, 3.63) is 107 Å². The van der Waals surface area contributed by atoms with Crippen LogP contribution in [0.25, 0.3) is 32.6 Å². The highest BCUT2D eigenvalue weighted by molar-refractivity contribution is 5.53. The number of oxazole rings is 2. The SMILES string of the molecule is [C-]#[N+]C(C)(C)c1coc(-c2ccccc2)n1.[C-]#[N+]Cc1coc(-c2ccccc2)n1. The third-order valence-electron chi connectivity index (χ3n) is 4.24. The highest BCUT2D eigenvalue weighted by Gasteiger charge is 2.30. The molecule has 148 valence electrons. The third kappa shape index (κ3) is 5.01. The van der Waals surface area contributed by atoms with Crippen LogP contribution >= 0.6 is 0 Å². The fourth-order valence-corrected chi connectivity index (χ4v) is 2.50. The van der Waals surface area contributed by atoms with E-state index in [4.69, 9.17) is 22.0 Å². The Kier molecular flexibility index (Phi) is 6.42. The summed E-state index contributed by atoms with van der Waals surface area (Å²) in [5.41, 5.74) is 2.58. The molecule has 0 saturated heterocycles. The van der Waals surface area contributed by atoms with Gasteiger partial charge in [-0.2, -0.15) is 0 Å². The van der Waals surface area contributed by atoms with Crippen LogP contribution in [0.3, 0.4) is 0 Å². The summed E-state index contributed by atoms with van der Waals surface area (Å²) >= 11 is 0. The molecule has 30 heavy (non-hydrogen) atoms. The van der Waals surface area contributed by atoms with Gasteiger partial charge in [0.15, 0.2) is 11.4 Å². The van der Waals surface area contributed by atoms with Crippen LogP contribution in [0.5, 0.6) is 0 Å². The van der Waals surface area contributed by atoms with Gasteiger partial charge in [0.25, 0.3) is 12.1 Å². The van der Waals surface area contributed by atoms with Crippen LogP contribution in [0, 0.1) is 13.1 Å². The van der Waals surface area contributed by atoms with Gasteiger partial charge in [-0.05, 0) is 24.3 Å². The molecule has 2 aromatic heterocycles. The van der Waals surface area contributed by atoms with E-state index in [2.05, 4.69) is 19.7 Å². The van der Waals surface area contributed by atoms with E-state index in [1.165, 1.54) is 6.26 Å². The van der Waals surface area contributed by atoms with Gasteiger partial charge in [-0.15, -0.1) is 0 Å². The zero-order valence-corrected chi connectivity index (χ0v) is 16.7. The highest BCUT2D eigenvalue weighted by Crippen LogP contribution is 2.27. The maximum absolute atomic E-state index is 7.10. The molecule has 2 aromatic carbocycles. The molecule has 0 bridgehead atoms. The van der Waals surface area contributed by atoms with Crippen LogP contribution in [0.15, 0.2) is 82.0 Å². The monoisotopic (exact) mass is 396 g/mol. The molecule has 4 rings (SSSR count). The largest absolute Gasteiger partial charge is 0.444 e. The average Bonchev–Trinajstić information content (AvgIpc) is 3.46. The summed E-state index contributed by atoms with van der Waals surface area (Å²) in [7, 11) is 0. The van der Waals surface area contributed by atoms with E-state index in [0.717, 1.165) is 11.1 Å². The van der Waals surface area contributed by atoms with Gasteiger partial charge in [-0.3, -0.25) is 0 Å². The van der Waals surface area contributed by atoms with Gasteiger partial charge in [0, 0.05) is 25.0 Å². The van der Waals surface area contributed by atoms with E-state index in [9.17, 15) is 0 Å². The summed E-state index contributed by atoms with van der Waals surface area (Å²) in [6, 6.07) is 19.3. The Labute approximate surface area is 175 Å². The zero-order valence-electron chi connectivity index (χ0n) is 16.7. The van der Waals surface area contributed by atoms with Crippen LogP contribution < -0.4 is 0 Å². The van der Waals surface area contributed by atoms with Crippen molar-refractivity contribution in [3.63, 3.8) is 0 Å². The minimum absolute atomic E-state index is 0.274. The molecule has 0 aliphatic carbocycles. The van der Waals surface area contributed by atoms with Gasteiger partial charge < -0.3 is 18.5 Å². The van der Waals surface area contributed by atoms with Crippen molar-refractivity contribution in [1.82, 2.24) is 9.97 Å². The molecule has 6 heteroatoms. The molecule has 0 atom stereocenters. The van der Waals surface area contributed by atoms with Crippen LogP contribution in [0.2, 0.25) is 0 Å². The van der Waals surface area contributed by atoms with Crippen molar-refractivity contribution in [2.75, 3.05) is 0 Å². The molecule has 0 radical (unpaired) electrons. The van der Waals surface area contributed by atoms with E-state index in [-0.39, 0.29) is 6.54 Å². The summed E-state index contributed by atoms with van der Waals surface area (Å²) in [6.45, 7) is 17.7. The first kappa shape index (κ1) is 20.6. The van der Waals surface area contributed by atoms with E-state index >= 15 is 0 Å². The number of rotatable bonds is 4. The maximum atomic E-state index is 7.10. The first-order valence-electron chi connectivity index (χ1n) is 9.26. The van der Waals surface area contributed by atoms with Crippen molar-refractivity contribution >= 4 is 0 Å². The summed E-state index contributed by atoms with van der Waals surface area (Å²) in [5.74, 6) is 1.14. The first-order valence-corrected chi connectivity index (χ1v) is 9.26. The minimum atomic E-state index is -0.628. The Balaban J connectivity index is 0.000000172. The van der Waals surface area contributed by atoms with E-state index in [0.29, 0.717) is 23.2 Å². The molecule has 0 spiro atoms. The lowest BCUT2D eigenvalue weighted by Gasteiger charge is -2.04. The molecule has 4 aromatic rings. The molecule has 0 unspecified atom stereocenters. The second kappa shape index (κ2) is 9.36. The quantitative estimate of drug-likeness (QED) is 0.382. The number of benzene rings is 2. The lowest BCUT2D eigenvalue weighted by molar-refractivity contribution is 0.563. The normalized spacial score (nSPS) is 10.4. The van der Waals surface area contributed by atoms with Crippen molar-refractivity contribution < 1.29 is 8.83 Å². The maximum Gasteiger partial charge on any atom is 0.271 e. The van der Waals surface area contributed by atoms with Crippen molar-refractivity contribution in [2.45, 2.75) is 25.9 Å². The minimum Gasteiger partial charge on any atom is -0.444 e. The molecule has 6 nitrogen and oxygen atoms in total. The Morgan fingerprint density at radius 3 is 1.87 bits per heavy atom. The third-order valence-corrected chi connectivity index (χ3v) is 4.24. The molecular weight excluding hydrogens is 376 g/mol. The number of hydrogen-bond donors (Lipinski definition) is 0. The van der Waals surface area contributed by atoms with E-state index in [1.54, 1.807) is 6.26 Å². The molecule has 0 fully saturated rings. The Bertz CT molecular complexity index is 1160. The smallest absolute Gasteiger partial charge is 0.271 e. The van der Waals surface area contributed by atoms with Gasteiger partial charge in [0.1, 0.15) is 12.5 Å². The summed E-state index contributed by atoms with van der Waals surface area (Å²) in [6.07, 6.45) is 3.08. The van der Waals surface area contributed by atoms with Gasteiger partial charge >= 0.3 is 0 Å². The van der Waals surface area contributed by atoms with Crippen LogP contribution in [-0.2, 0) is 12.1 Å². The average molecular weight is 396 g/mol. The standard InChI is InChI=1S/C13H12N2O.C11H8N2O/c1-13(2,14-3)11-9-16-12(15-11)10-7-5-4-6-8-10;1-12-7-10-8-14-11(13-10)9-5-3-2-4-6-9/h4-9H,1-2H3;2-6,8H,7H2. The predicted molar refractivity (Wildman–Crippen MR) is 114 cm³/mol. The van der Waals surface area contributed by atoms with Crippen molar-refractivity contribution in [3.8, 4) is 22.9 Å². The Hall–Kier alpha value is -4.16. The second-order valence-corrected chi connectivity index (χ2v) is 6.90. The van der Waals surface area contributed by atoms with Gasteiger partial charge in [-0.25, -0.2) is 23.1 Å². The van der Waals surface area contributed by atoms with Gasteiger partial charge in [-0.1, -0.05) is 36.4 Å². The molecule has 2 heterocycles. The first-order chi connectivity index (χ1) is 14.5. The van der Waals surface area contributed by atoms with Crippen molar-refractivity contribution in [2.24, 2.45) is 0 Å². The molecule has 0 aliphatic rings. The topological polar surface area (TPSA) is 60.8 Å². The number of aromatic nitrogens is 2. The zero-order chi connectivity index (χ0) is 21.4. The second-order valence-electron chi connectivity index (χ2n) is 6.90. The number of nitrogens with zero attached hydrogens (tertiary/aromatic N) is 4. The molecule has 0 N–H and O–H groups in total. The van der Waals surface area contributed by atoms with Gasteiger partial charge in [0.05, 0.1) is 0 Å². The van der Waals surface area contributed by atoms with E-state index in [1.807, 2.05) is 74.5 Å². The fraction of sp³-hybridized carbons (Fsp3) is 0.167. The molecular formula is C24H20N4O2. The van der Waals surface area contributed by atoms with Crippen LogP contribution in [0.1, 0.15) is 25.2 Å². The van der Waals surface area contributed by atoms with E-state index < -0.39 is 5.54 Å². The van der Waals surface area contributed by atoms with Gasteiger partial charge in [0.2, 0.25) is 11.8 Å². The number of hydrogen-bond acceptors (Lipinski definition) is 4. The molecule has 0 saturated carbocycles. The summed E-state index contributed by atoms with van der Waals surface area (Å²) in [4.78, 5) is 15.3. The fourth-order valence-electron chi connectivity index (χ4n) is 2.50. The predicted octanol–water partition coefficient (Wildman–Crippen LogP) is 6.26. The molecule has 0 aliphatic heterocycles.